The van der Waals surface area contributed by atoms with Crippen molar-refractivity contribution in [1.29, 1.82) is 0 Å². The summed E-state index contributed by atoms with van der Waals surface area (Å²) >= 11 is 1.13. The first-order chi connectivity index (χ1) is 13.3. The van der Waals surface area contributed by atoms with E-state index in [1.807, 2.05) is 12.1 Å². The number of imide groups is 1. The number of amides is 2. The zero-order chi connectivity index (χ0) is 20.1. The van der Waals surface area contributed by atoms with Crippen molar-refractivity contribution in [2.75, 3.05) is 4.90 Å². The van der Waals surface area contributed by atoms with E-state index in [0.717, 1.165) is 21.8 Å². The van der Waals surface area contributed by atoms with E-state index in [9.17, 15) is 18.0 Å². The SMILES string of the molecule is CC(C)c1ccc(N2C(=O)CC(N(C3CC3)S(=O)(=O)c3cccs3)C2=O)cc1. The van der Waals surface area contributed by atoms with Crippen molar-refractivity contribution in [3.8, 4) is 0 Å². The maximum atomic E-state index is 13.1. The van der Waals surface area contributed by atoms with Crippen LogP contribution in [0.1, 0.15) is 44.6 Å². The van der Waals surface area contributed by atoms with Crippen LogP contribution >= 0.6 is 11.3 Å². The zero-order valence-corrected chi connectivity index (χ0v) is 17.4. The number of carbonyl (C=O) groups is 2. The van der Waals surface area contributed by atoms with Crippen molar-refractivity contribution in [3.05, 3.63) is 47.3 Å². The van der Waals surface area contributed by atoms with Crippen LogP contribution in [0.15, 0.2) is 46.0 Å². The molecule has 1 aliphatic carbocycles. The molecule has 1 saturated carbocycles. The highest BCUT2D eigenvalue weighted by molar-refractivity contribution is 7.91. The van der Waals surface area contributed by atoms with Gasteiger partial charge in [0.25, 0.3) is 15.9 Å². The molecule has 1 unspecified atom stereocenters. The Labute approximate surface area is 168 Å². The van der Waals surface area contributed by atoms with Crippen LogP contribution in [0, 0.1) is 0 Å². The molecule has 2 aliphatic rings. The average Bonchev–Trinajstić information content (AvgIpc) is 3.21. The fourth-order valence-electron chi connectivity index (χ4n) is 3.56. The van der Waals surface area contributed by atoms with Crippen molar-refractivity contribution >= 4 is 38.9 Å². The van der Waals surface area contributed by atoms with Gasteiger partial charge in [0.1, 0.15) is 10.3 Å². The van der Waals surface area contributed by atoms with E-state index >= 15 is 0 Å². The highest BCUT2D eigenvalue weighted by Crippen LogP contribution is 2.39. The Bertz CT molecular complexity index is 993. The van der Waals surface area contributed by atoms with E-state index in [0.29, 0.717) is 24.4 Å². The smallest absolute Gasteiger partial charge is 0.253 e. The normalized spacial score (nSPS) is 20.6. The number of carbonyl (C=O) groups excluding carboxylic acids is 2. The first-order valence-electron chi connectivity index (χ1n) is 9.34. The Hall–Kier alpha value is -2.03. The van der Waals surface area contributed by atoms with Crippen molar-refractivity contribution in [2.45, 2.75) is 55.3 Å². The first-order valence-corrected chi connectivity index (χ1v) is 11.7. The molecule has 0 spiro atoms. The van der Waals surface area contributed by atoms with E-state index in [1.54, 1.807) is 29.6 Å². The van der Waals surface area contributed by atoms with Gasteiger partial charge in [-0.15, -0.1) is 11.3 Å². The third-order valence-corrected chi connectivity index (χ3v) is 8.52. The number of hydrogen-bond acceptors (Lipinski definition) is 5. The third-order valence-electron chi connectivity index (χ3n) is 5.18. The Morgan fingerprint density at radius 1 is 1.11 bits per heavy atom. The van der Waals surface area contributed by atoms with E-state index < -0.39 is 22.0 Å². The lowest BCUT2D eigenvalue weighted by Crippen LogP contribution is -2.46. The molecule has 1 atom stereocenters. The molecule has 1 aromatic carbocycles. The average molecular weight is 419 g/mol. The standard InChI is InChI=1S/C20H22N2O4S2/c1-13(2)14-5-7-15(8-6-14)21-18(23)12-17(20(21)24)22(16-9-10-16)28(25,26)19-4-3-11-27-19/h3-8,11,13,16-17H,9-10,12H2,1-2H3. The van der Waals surface area contributed by atoms with Crippen LogP contribution in [0.2, 0.25) is 0 Å². The van der Waals surface area contributed by atoms with Gasteiger partial charge in [-0.3, -0.25) is 9.59 Å². The number of rotatable bonds is 6. The molecule has 1 saturated heterocycles. The molecule has 2 fully saturated rings. The lowest BCUT2D eigenvalue weighted by molar-refractivity contribution is -0.122. The molecule has 148 valence electrons. The summed E-state index contributed by atoms with van der Waals surface area (Å²) in [4.78, 5) is 26.9. The van der Waals surface area contributed by atoms with E-state index in [4.69, 9.17) is 0 Å². The molecule has 8 heteroatoms. The summed E-state index contributed by atoms with van der Waals surface area (Å²) in [5.41, 5.74) is 1.60. The van der Waals surface area contributed by atoms with Gasteiger partial charge in [0.15, 0.2) is 0 Å². The quantitative estimate of drug-likeness (QED) is 0.674. The minimum absolute atomic E-state index is 0.119. The van der Waals surface area contributed by atoms with Crippen molar-refractivity contribution in [3.63, 3.8) is 0 Å². The maximum Gasteiger partial charge on any atom is 0.253 e. The van der Waals surface area contributed by atoms with Crippen LogP contribution in [0.5, 0.6) is 0 Å². The Morgan fingerprint density at radius 3 is 2.32 bits per heavy atom. The zero-order valence-electron chi connectivity index (χ0n) is 15.7. The molecule has 2 aromatic rings. The topological polar surface area (TPSA) is 74.8 Å². The van der Waals surface area contributed by atoms with Gasteiger partial charge >= 0.3 is 0 Å². The summed E-state index contributed by atoms with van der Waals surface area (Å²) in [6.45, 7) is 4.14. The summed E-state index contributed by atoms with van der Waals surface area (Å²) < 4.78 is 27.7. The maximum absolute atomic E-state index is 13.1. The summed E-state index contributed by atoms with van der Waals surface area (Å²) in [7, 11) is -3.81. The lowest BCUT2D eigenvalue weighted by Gasteiger charge is -2.26. The van der Waals surface area contributed by atoms with Crippen LogP contribution in [-0.4, -0.2) is 36.6 Å². The van der Waals surface area contributed by atoms with Gasteiger partial charge in [0, 0.05) is 6.04 Å². The fourth-order valence-corrected chi connectivity index (χ4v) is 6.48. The molecule has 1 aromatic heterocycles. The molecular formula is C20H22N2O4S2. The number of anilines is 1. The van der Waals surface area contributed by atoms with Crippen LogP contribution in [0.3, 0.4) is 0 Å². The Balaban J connectivity index is 1.65. The third kappa shape index (κ3) is 3.29. The largest absolute Gasteiger partial charge is 0.274 e. The molecule has 4 rings (SSSR count). The molecule has 0 N–H and O–H groups in total. The van der Waals surface area contributed by atoms with Crippen molar-refractivity contribution in [1.82, 2.24) is 4.31 Å². The summed E-state index contributed by atoms with van der Waals surface area (Å²) in [5, 5.41) is 1.70. The van der Waals surface area contributed by atoms with E-state index in [2.05, 4.69) is 13.8 Å². The van der Waals surface area contributed by atoms with Crippen molar-refractivity contribution in [2.24, 2.45) is 0 Å². The van der Waals surface area contributed by atoms with Crippen LogP contribution in [0.4, 0.5) is 5.69 Å². The summed E-state index contributed by atoms with van der Waals surface area (Å²) in [6, 6.07) is 9.33. The summed E-state index contributed by atoms with van der Waals surface area (Å²) in [6.07, 6.45) is 1.31. The molecule has 2 amide bonds. The number of hydrogen-bond donors (Lipinski definition) is 0. The monoisotopic (exact) mass is 418 g/mol. The van der Waals surface area contributed by atoms with Gasteiger partial charge in [-0.2, -0.15) is 4.31 Å². The van der Waals surface area contributed by atoms with Crippen molar-refractivity contribution < 1.29 is 18.0 Å². The molecular weight excluding hydrogens is 396 g/mol. The first kappa shape index (κ1) is 19.3. The second-order valence-electron chi connectivity index (χ2n) is 7.53. The molecule has 0 bridgehead atoms. The number of nitrogens with zero attached hydrogens (tertiary/aromatic N) is 2. The fraction of sp³-hybridized carbons (Fsp3) is 0.400. The second-order valence-corrected chi connectivity index (χ2v) is 10.5. The summed E-state index contributed by atoms with van der Waals surface area (Å²) in [5.74, 6) is -0.485. The van der Waals surface area contributed by atoms with Gasteiger partial charge in [-0.1, -0.05) is 32.0 Å². The Morgan fingerprint density at radius 2 is 1.79 bits per heavy atom. The molecule has 0 radical (unpaired) electrons. The van der Waals surface area contributed by atoms with Crippen LogP contribution in [-0.2, 0) is 19.6 Å². The highest BCUT2D eigenvalue weighted by Gasteiger charge is 2.52. The van der Waals surface area contributed by atoms with Gasteiger partial charge in [-0.25, -0.2) is 13.3 Å². The second kappa shape index (κ2) is 7.09. The predicted octanol–water partition coefficient (Wildman–Crippen LogP) is 3.36. The molecule has 2 heterocycles. The number of thiophene rings is 1. The molecule has 28 heavy (non-hydrogen) atoms. The van der Waals surface area contributed by atoms with Gasteiger partial charge in [0.2, 0.25) is 5.91 Å². The van der Waals surface area contributed by atoms with E-state index in [-0.39, 0.29) is 22.6 Å². The highest BCUT2D eigenvalue weighted by atomic mass is 32.2. The Kier molecular flexibility index (Phi) is 4.89. The van der Waals surface area contributed by atoms with Crippen LogP contribution in [0.25, 0.3) is 0 Å². The number of benzene rings is 1. The van der Waals surface area contributed by atoms with Gasteiger partial charge < -0.3 is 0 Å². The van der Waals surface area contributed by atoms with E-state index in [1.165, 1.54) is 4.31 Å². The molecule has 1 aliphatic heterocycles. The molecule has 6 nitrogen and oxygen atoms in total. The predicted molar refractivity (Wildman–Crippen MR) is 108 cm³/mol. The minimum Gasteiger partial charge on any atom is -0.274 e. The minimum atomic E-state index is -3.81. The number of sulfonamides is 1. The van der Waals surface area contributed by atoms with Gasteiger partial charge in [0.05, 0.1) is 12.1 Å². The lowest BCUT2D eigenvalue weighted by atomic mass is 10.0. The van der Waals surface area contributed by atoms with Crippen LogP contribution < -0.4 is 4.90 Å². The van der Waals surface area contributed by atoms with Gasteiger partial charge in [-0.05, 0) is 47.9 Å².